The topological polar surface area (TPSA) is 71.4 Å². The van der Waals surface area contributed by atoms with Crippen LogP contribution in [0.15, 0.2) is 23.2 Å². The summed E-state index contributed by atoms with van der Waals surface area (Å²) < 4.78 is 20.2. The van der Waals surface area contributed by atoms with Gasteiger partial charge in [-0.2, -0.15) is 5.26 Å². The molecule has 0 saturated carbocycles. The van der Waals surface area contributed by atoms with Crippen molar-refractivity contribution in [1.29, 1.82) is 5.26 Å². The molecule has 6 heteroatoms. The summed E-state index contributed by atoms with van der Waals surface area (Å²) in [5.74, 6) is 0.585. The molecule has 0 unspecified atom stereocenters. The first-order chi connectivity index (χ1) is 10.0. The van der Waals surface area contributed by atoms with Crippen molar-refractivity contribution >= 4 is 16.9 Å². The minimum Gasteiger partial charge on any atom is -0.379 e. The molecule has 3 atom stereocenters. The summed E-state index contributed by atoms with van der Waals surface area (Å²) in [4.78, 5) is 4.56. The largest absolute Gasteiger partial charge is 0.379 e. The van der Waals surface area contributed by atoms with E-state index in [1.807, 2.05) is 6.92 Å². The Kier molecular flexibility index (Phi) is 3.64. The molecule has 1 fully saturated rings. The summed E-state index contributed by atoms with van der Waals surface area (Å²) in [5.41, 5.74) is 5.92. The van der Waals surface area contributed by atoms with Crippen LogP contribution in [0.1, 0.15) is 24.5 Å². The van der Waals surface area contributed by atoms with Crippen molar-refractivity contribution in [2.75, 3.05) is 12.4 Å². The van der Waals surface area contributed by atoms with E-state index >= 15 is 0 Å². The number of fused-ring (bicyclic) bond motifs is 1. The zero-order valence-corrected chi connectivity index (χ0v) is 12.5. The molecule has 4 nitrogen and oxygen atoms in total. The number of nitriles is 1. The standard InChI is InChI=1S/C15H16FN3OS/c1-9-4-11-7-21-14(18)19-15(11,8-20-9)12-5-10(6-17)2-3-13(12)16/h2-3,5,9,11H,4,7-8H2,1H3,(H2,18,19)/t9-,11-,15-/m0/s1. The van der Waals surface area contributed by atoms with Crippen LogP contribution < -0.4 is 5.73 Å². The van der Waals surface area contributed by atoms with Crippen LogP contribution in [0.4, 0.5) is 4.39 Å². The maximum atomic E-state index is 14.4. The third-order valence-corrected chi connectivity index (χ3v) is 5.14. The van der Waals surface area contributed by atoms with Gasteiger partial charge in [0, 0.05) is 17.2 Å². The summed E-state index contributed by atoms with van der Waals surface area (Å²) in [6, 6.07) is 6.43. The van der Waals surface area contributed by atoms with Crippen molar-refractivity contribution in [3.63, 3.8) is 0 Å². The molecule has 110 valence electrons. The highest BCUT2D eigenvalue weighted by Crippen LogP contribution is 2.46. The average Bonchev–Trinajstić information content (AvgIpc) is 2.48. The molecule has 0 aliphatic carbocycles. The van der Waals surface area contributed by atoms with E-state index in [0.717, 1.165) is 12.2 Å². The number of rotatable bonds is 1. The fourth-order valence-corrected chi connectivity index (χ4v) is 4.09. The monoisotopic (exact) mass is 305 g/mol. The van der Waals surface area contributed by atoms with Gasteiger partial charge >= 0.3 is 0 Å². The number of amidine groups is 1. The molecular formula is C15H16FN3OS. The maximum absolute atomic E-state index is 14.4. The predicted octanol–water partition coefficient (Wildman–Crippen LogP) is 2.38. The Morgan fingerprint density at radius 1 is 1.57 bits per heavy atom. The van der Waals surface area contributed by atoms with Gasteiger partial charge in [-0.05, 0) is 31.5 Å². The van der Waals surface area contributed by atoms with E-state index in [-0.39, 0.29) is 17.8 Å². The second kappa shape index (κ2) is 5.32. The minimum absolute atomic E-state index is 0.125. The highest BCUT2D eigenvalue weighted by Gasteiger charge is 2.48. The number of ether oxygens (including phenoxy) is 1. The lowest BCUT2D eigenvalue weighted by molar-refractivity contribution is -0.0477. The normalized spacial score (nSPS) is 32.0. The van der Waals surface area contributed by atoms with Crippen molar-refractivity contribution in [2.24, 2.45) is 16.6 Å². The summed E-state index contributed by atoms with van der Waals surface area (Å²) >= 11 is 1.50. The van der Waals surface area contributed by atoms with E-state index in [4.69, 9.17) is 15.7 Å². The highest BCUT2D eigenvalue weighted by atomic mass is 32.2. The van der Waals surface area contributed by atoms with Crippen LogP contribution in [0.2, 0.25) is 0 Å². The van der Waals surface area contributed by atoms with Gasteiger partial charge in [0.1, 0.15) is 11.4 Å². The molecule has 1 aromatic rings. The zero-order chi connectivity index (χ0) is 15.0. The third-order valence-electron chi connectivity index (χ3n) is 4.18. The summed E-state index contributed by atoms with van der Waals surface area (Å²) in [5, 5.41) is 9.52. The molecule has 0 radical (unpaired) electrons. The van der Waals surface area contributed by atoms with Gasteiger partial charge < -0.3 is 10.5 Å². The van der Waals surface area contributed by atoms with Crippen molar-refractivity contribution in [1.82, 2.24) is 0 Å². The van der Waals surface area contributed by atoms with Crippen LogP contribution in [0.5, 0.6) is 0 Å². The van der Waals surface area contributed by atoms with Gasteiger partial charge in [-0.15, -0.1) is 0 Å². The number of hydrogen-bond acceptors (Lipinski definition) is 5. The molecule has 2 aliphatic heterocycles. The average molecular weight is 305 g/mol. The molecule has 0 aromatic heterocycles. The van der Waals surface area contributed by atoms with E-state index in [2.05, 4.69) is 11.1 Å². The molecule has 1 saturated heterocycles. The van der Waals surface area contributed by atoms with Crippen LogP contribution in [-0.4, -0.2) is 23.6 Å². The van der Waals surface area contributed by atoms with Gasteiger partial charge in [-0.1, -0.05) is 11.8 Å². The predicted molar refractivity (Wildman–Crippen MR) is 80.4 cm³/mol. The van der Waals surface area contributed by atoms with Crippen molar-refractivity contribution in [2.45, 2.75) is 25.0 Å². The molecule has 0 bridgehead atoms. The van der Waals surface area contributed by atoms with Crippen molar-refractivity contribution in [3.8, 4) is 6.07 Å². The number of nitrogens with two attached hydrogens (primary N) is 1. The molecule has 0 spiro atoms. The molecule has 3 rings (SSSR count). The van der Waals surface area contributed by atoms with Gasteiger partial charge in [0.05, 0.1) is 24.3 Å². The molecule has 1 aromatic carbocycles. The summed E-state index contributed by atoms with van der Waals surface area (Å²) in [6.45, 7) is 2.31. The van der Waals surface area contributed by atoms with Gasteiger partial charge in [0.15, 0.2) is 5.17 Å². The number of hydrogen-bond donors (Lipinski definition) is 1. The summed E-state index contributed by atoms with van der Waals surface area (Å²) in [6.07, 6.45) is 0.931. The number of thioether (sulfide) groups is 1. The fourth-order valence-electron chi connectivity index (χ4n) is 3.08. The number of aliphatic imine (C=N–C) groups is 1. The van der Waals surface area contributed by atoms with E-state index in [9.17, 15) is 4.39 Å². The Labute approximate surface area is 127 Å². The lowest BCUT2D eigenvalue weighted by Gasteiger charge is -2.45. The summed E-state index contributed by atoms with van der Waals surface area (Å²) in [7, 11) is 0. The van der Waals surface area contributed by atoms with E-state index < -0.39 is 5.54 Å². The molecule has 0 amide bonds. The first-order valence-corrected chi connectivity index (χ1v) is 7.83. The second-order valence-electron chi connectivity index (χ2n) is 5.55. The first-order valence-electron chi connectivity index (χ1n) is 6.85. The van der Waals surface area contributed by atoms with E-state index in [0.29, 0.717) is 22.9 Å². The van der Waals surface area contributed by atoms with Crippen LogP contribution >= 0.6 is 11.8 Å². The third kappa shape index (κ3) is 2.41. The lowest BCUT2D eigenvalue weighted by atomic mass is 9.75. The Balaban J connectivity index is 2.15. The Bertz CT molecular complexity index is 642. The Morgan fingerprint density at radius 2 is 2.38 bits per heavy atom. The zero-order valence-electron chi connectivity index (χ0n) is 11.7. The quantitative estimate of drug-likeness (QED) is 0.864. The molecule has 21 heavy (non-hydrogen) atoms. The van der Waals surface area contributed by atoms with E-state index in [1.165, 1.54) is 23.9 Å². The molecule has 2 heterocycles. The number of benzene rings is 1. The van der Waals surface area contributed by atoms with Gasteiger partial charge in [-0.3, -0.25) is 0 Å². The minimum atomic E-state index is -0.807. The fraction of sp³-hybridized carbons (Fsp3) is 0.467. The number of nitrogens with zero attached hydrogens (tertiary/aromatic N) is 2. The molecular weight excluding hydrogens is 289 g/mol. The van der Waals surface area contributed by atoms with Crippen LogP contribution in [0, 0.1) is 23.1 Å². The van der Waals surface area contributed by atoms with Crippen LogP contribution in [0.3, 0.4) is 0 Å². The van der Waals surface area contributed by atoms with E-state index in [1.54, 1.807) is 6.07 Å². The maximum Gasteiger partial charge on any atom is 0.154 e. The Hall–Kier alpha value is -1.58. The van der Waals surface area contributed by atoms with Crippen LogP contribution in [0.25, 0.3) is 0 Å². The molecule has 2 N–H and O–H groups in total. The molecule has 2 aliphatic rings. The second-order valence-corrected chi connectivity index (χ2v) is 6.59. The van der Waals surface area contributed by atoms with Gasteiger partial charge in [-0.25, -0.2) is 9.38 Å². The van der Waals surface area contributed by atoms with Crippen LogP contribution in [-0.2, 0) is 10.3 Å². The van der Waals surface area contributed by atoms with Crippen molar-refractivity contribution < 1.29 is 9.13 Å². The number of halogens is 1. The first kappa shape index (κ1) is 14.4. The highest BCUT2D eigenvalue weighted by molar-refractivity contribution is 8.13. The Morgan fingerprint density at radius 3 is 3.14 bits per heavy atom. The van der Waals surface area contributed by atoms with Gasteiger partial charge in [0.25, 0.3) is 0 Å². The van der Waals surface area contributed by atoms with Gasteiger partial charge in [0.2, 0.25) is 0 Å². The SMILES string of the molecule is C[C@H]1C[C@H]2CSC(N)=N[C@@]2(c2cc(C#N)ccc2F)CO1. The lowest BCUT2D eigenvalue weighted by Crippen LogP contribution is -2.50. The smallest absolute Gasteiger partial charge is 0.154 e. The van der Waals surface area contributed by atoms with Crippen molar-refractivity contribution in [3.05, 3.63) is 35.1 Å².